The van der Waals surface area contributed by atoms with Crippen LogP contribution in [0.15, 0.2) is 30.3 Å². The van der Waals surface area contributed by atoms with Crippen molar-refractivity contribution in [3.05, 3.63) is 35.9 Å². The van der Waals surface area contributed by atoms with Crippen molar-refractivity contribution in [2.45, 2.75) is 10.7 Å². The van der Waals surface area contributed by atoms with Crippen LogP contribution in [0.3, 0.4) is 0 Å². The maximum atomic E-state index is 10.3. The van der Waals surface area contributed by atoms with Crippen LogP contribution in [0.4, 0.5) is 0 Å². The van der Waals surface area contributed by atoms with Gasteiger partial charge in [-0.15, -0.1) is 11.8 Å². The molecule has 2 atom stereocenters. The van der Waals surface area contributed by atoms with Gasteiger partial charge in [-0.2, -0.15) is 0 Å². The van der Waals surface area contributed by atoms with Gasteiger partial charge in [-0.05, 0) is 5.56 Å². The van der Waals surface area contributed by atoms with E-state index in [1.54, 1.807) is 11.8 Å². The first kappa shape index (κ1) is 10.1. The number of benzene rings is 1. The summed E-state index contributed by atoms with van der Waals surface area (Å²) in [6, 6.07) is 10.7. The summed E-state index contributed by atoms with van der Waals surface area (Å²) in [5.74, 6) is 1.04. The van der Waals surface area contributed by atoms with Crippen molar-refractivity contribution in [2.75, 3.05) is 5.75 Å². The highest BCUT2D eigenvalue weighted by Gasteiger charge is 2.25. The van der Waals surface area contributed by atoms with Gasteiger partial charge in [-0.1, -0.05) is 42.1 Å². The molecule has 1 heterocycles. The molecule has 0 radical (unpaired) electrons. The van der Waals surface area contributed by atoms with Crippen molar-refractivity contribution in [1.29, 1.82) is 0 Å². The average molecular weight is 225 g/mol. The van der Waals surface area contributed by atoms with E-state index in [0.717, 1.165) is 11.4 Å². The van der Waals surface area contributed by atoms with Crippen LogP contribution in [0.1, 0.15) is 11.6 Å². The van der Waals surface area contributed by atoms with Gasteiger partial charge in [0.05, 0.1) is 0 Å². The molecule has 1 aromatic carbocycles. The lowest BCUT2D eigenvalue weighted by Crippen LogP contribution is -2.20. The van der Waals surface area contributed by atoms with Gasteiger partial charge in [0.1, 0.15) is 4.71 Å². The molecule has 0 bridgehead atoms. The van der Waals surface area contributed by atoms with E-state index in [9.17, 15) is 4.79 Å². The Balaban J connectivity index is 1.99. The molecule has 1 aliphatic heterocycles. The molecule has 1 fully saturated rings. The molecule has 0 amide bonds. The number of hydrogen-bond acceptors (Lipinski definition) is 4. The Morgan fingerprint density at radius 3 is 2.93 bits per heavy atom. The van der Waals surface area contributed by atoms with Crippen LogP contribution >= 0.6 is 23.5 Å². The Kier molecular flexibility index (Phi) is 3.50. The summed E-state index contributed by atoms with van der Waals surface area (Å²) >= 11 is 3.10. The van der Waals surface area contributed by atoms with E-state index >= 15 is 0 Å². The van der Waals surface area contributed by atoms with E-state index in [1.165, 1.54) is 17.3 Å². The lowest BCUT2D eigenvalue weighted by Gasteiger charge is -2.10. The number of nitrogens with one attached hydrogen (secondary N) is 1. The third kappa shape index (κ3) is 2.32. The molecule has 0 saturated carbocycles. The molecule has 2 rings (SSSR count). The van der Waals surface area contributed by atoms with Gasteiger partial charge < -0.3 is 0 Å². The molecule has 1 aromatic rings. The highest BCUT2D eigenvalue weighted by atomic mass is 32.2. The molecule has 0 aliphatic carbocycles. The van der Waals surface area contributed by atoms with Crippen LogP contribution in [0.2, 0.25) is 0 Å². The molecule has 0 aromatic heterocycles. The summed E-state index contributed by atoms with van der Waals surface area (Å²) in [5.41, 5.74) is 2.20. The summed E-state index contributed by atoms with van der Waals surface area (Å²) in [6.45, 7) is 0. The summed E-state index contributed by atoms with van der Waals surface area (Å²) in [7, 11) is 0. The molecular weight excluding hydrogens is 214 g/mol. The van der Waals surface area contributed by atoms with Crippen molar-refractivity contribution < 1.29 is 4.79 Å². The van der Waals surface area contributed by atoms with Crippen LogP contribution < -0.4 is 5.32 Å². The highest BCUT2D eigenvalue weighted by Crippen LogP contribution is 2.33. The van der Waals surface area contributed by atoms with Crippen LogP contribution in [0.25, 0.3) is 0 Å². The highest BCUT2D eigenvalue weighted by molar-refractivity contribution is 8.23. The van der Waals surface area contributed by atoms with E-state index in [0.29, 0.717) is 6.04 Å². The summed E-state index contributed by atoms with van der Waals surface area (Å²) in [4.78, 5) is 10.3. The van der Waals surface area contributed by atoms with E-state index in [4.69, 9.17) is 0 Å². The summed E-state index contributed by atoms with van der Waals surface area (Å²) < 4.78 is 0.220. The van der Waals surface area contributed by atoms with Gasteiger partial charge in [0.25, 0.3) is 0 Å². The van der Waals surface area contributed by atoms with Crippen molar-refractivity contribution >= 4 is 29.1 Å². The predicted molar refractivity (Wildman–Crippen MR) is 62.9 cm³/mol. The fraction of sp³-hybridized carbons (Fsp3) is 0.300. The Labute approximate surface area is 91.8 Å². The second-order valence-electron chi connectivity index (χ2n) is 3.03. The fourth-order valence-electron chi connectivity index (χ4n) is 1.45. The third-order valence-corrected chi connectivity index (χ3v) is 4.33. The van der Waals surface area contributed by atoms with Crippen molar-refractivity contribution in [2.24, 2.45) is 0 Å². The molecule has 14 heavy (non-hydrogen) atoms. The Bertz CT molecular complexity index is 304. The second kappa shape index (κ2) is 4.87. The monoisotopic (exact) mass is 225 g/mol. The smallest absolute Gasteiger partial charge is 0.178 e. The Morgan fingerprint density at radius 1 is 1.43 bits per heavy atom. The molecule has 0 spiro atoms. The standard InChI is InChI=1S/C10H11NOS2/c12-7-14-10-11-9(6-13-10)8-4-2-1-3-5-8/h1-5,7,9-11H,6H2. The first-order valence-electron chi connectivity index (χ1n) is 4.42. The average Bonchev–Trinajstić information content (AvgIpc) is 2.68. The molecule has 1 aliphatic rings. The maximum Gasteiger partial charge on any atom is 0.178 e. The molecule has 2 unspecified atom stereocenters. The fourth-order valence-corrected chi connectivity index (χ4v) is 3.40. The molecule has 74 valence electrons. The minimum absolute atomic E-state index is 0.220. The molecule has 4 heteroatoms. The van der Waals surface area contributed by atoms with Gasteiger partial charge in [0.2, 0.25) is 0 Å². The summed E-state index contributed by atoms with van der Waals surface area (Å²) in [6.07, 6.45) is 0. The first-order valence-corrected chi connectivity index (χ1v) is 6.41. The minimum Gasteiger partial charge on any atom is -0.291 e. The minimum atomic E-state index is 0.220. The lowest BCUT2D eigenvalue weighted by atomic mass is 10.1. The Hall–Kier alpha value is -0.450. The third-order valence-electron chi connectivity index (χ3n) is 2.13. The van der Waals surface area contributed by atoms with E-state index in [-0.39, 0.29) is 4.71 Å². The number of carbonyl (C=O) groups excluding carboxylic acids is 1. The van der Waals surface area contributed by atoms with Gasteiger partial charge in [-0.3, -0.25) is 10.1 Å². The van der Waals surface area contributed by atoms with E-state index < -0.39 is 0 Å². The van der Waals surface area contributed by atoms with Crippen LogP contribution in [0, 0.1) is 0 Å². The van der Waals surface area contributed by atoms with Gasteiger partial charge in [-0.25, -0.2) is 0 Å². The predicted octanol–water partition coefficient (Wildman–Crippen LogP) is 2.27. The second-order valence-corrected chi connectivity index (χ2v) is 5.40. The van der Waals surface area contributed by atoms with Gasteiger partial charge in [0, 0.05) is 11.8 Å². The zero-order valence-electron chi connectivity index (χ0n) is 7.55. The molecule has 1 saturated heterocycles. The van der Waals surface area contributed by atoms with E-state index in [1.807, 2.05) is 18.2 Å². The number of hydrogen-bond donors (Lipinski definition) is 1. The zero-order chi connectivity index (χ0) is 9.80. The van der Waals surface area contributed by atoms with Gasteiger partial charge in [0.15, 0.2) is 5.62 Å². The maximum absolute atomic E-state index is 10.3. The number of carbonyl (C=O) groups is 1. The first-order chi connectivity index (χ1) is 6.90. The number of thioether (sulfide) groups is 2. The zero-order valence-corrected chi connectivity index (χ0v) is 9.18. The molecule has 1 N–H and O–H groups in total. The van der Waals surface area contributed by atoms with Crippen molar-refractivity contribution in [3.8, 4) is 0 Å². The topological polar surface area (TPSA) is 29.1 Å². The lowest BCUT2D eigenvalue weighted by molar-refractivity contribution is 0.569. The van der Waals surface area contributed by atoms with Crippen molar-refractivity contribution in [3.63, 3.8) is 0 Å². The summed E-state index contributed by atoms with van der Waals surface area (Å²) in [5, 5.41) is 3.40. The quantitative estimate of drug-likeness (QED) is 0.799. The normalized spacial score (nSPS) is 26.3. The number of rotatable bonds is 3. The van der Waals surface area contributed by atoms with Gasteiger partial charge >= 0.3 is 0 Å². The largest absolute Gasteiger partial charge is 0.291 e. The van der Waals surface area contributed by atoms with Crippen LogP contribution in [-0.2, 0) is 4.79 Å². The van der Waals surface area contributed by atoms with Crippen LogP contribution in [0.5, 0.6) is 0 Å². The van der Waals surface area contributed by atoms with E-state index in [2.05, 4.69) is 17.4 Å². The van der Waals surface area contributed by atoms with Crippen molar-refractivity contribution in [1.82, 2.24) is 5.32 Å². The Morgan fingerprint density at radius 2 is 2.21 bits per heavy atom. The van der Waals surface area contributed by atoms with Crippen LogP contribution in [-0.4, -0.2) is 16.1 Å². The molecular formula is C10H11NOS2. The SMILES string of the molecule is O=CSC1NC(c2ccccc2)CS1. The molecule has 2 nitrogen and oxygen atoms in total.